The number of allylic oxidation sites excluding steroid dienone is 1. The van der Waals surface area contributed by atoms with Crippen LogP contribution in [0.3, 0.4) is 0 Å². The number of pyridine rings is 1. The minimum absolute atomic E-state index is 0.0382. The molecule has 0 spiro atoms. The van der Waals surface area contributed by atoms with Crippen LogP contribution in [0.2, 0.25) is 0 Å². The Morgan fingerprint density at radius 1 is 1.32 bits per heavy atom. The molecule has 1 aliphatic carbocycles. The maximum absolute atomic E-state index is 13.3. The number of nitrogens with zero attached hydrogens (tertiary/aromatic N) is 5. The van der Waals surface area contributed by atoms with E-state index < -0.39 is 11.6 Å². The zero-order chi connectivity index (χ0) is 29.3. The average molecular weight is 580 g/mol. The molecule has 1 saturated carbocycles. The molecular weight excluding hydrogens is 543 g/mol. The summed E-state index contributed by atoms with van der Waals surface area (Å²) in [6.45, 7) is 8.52. The largest absolute Gasteiger partial charge is 0.404 e. The average Bonchev–Trinajstić information content (AvgIpc) is 3.46. The maximum atomic E-state index is 13.3. The van der Waals surface area contributed by atoms with Crippen LogP contribution in [0.25, 0.3) is 5.82 Å². The molecule has 1 atom stereocenters. The monoisotopic (exact) mass is 579 g/mol. The molecule has 3 N–H and O–H groups in total. The maximum Gasteiger partial charge on any atom is 0.396 e. The molecule has 218 valence electrons. The first-order valence-corrected chi connectivity index (χ1v) is 13.9. The lowest BCUT2D eigenvalue weighted by molar-refractivity contribution is -0.202. The first-order chi connectivity index (χ1) is 18.8. The van der Waals surface area contributed by atoms with Crippen LogP contribution in [0.1, 0.15) is 63.0 Å². The second kappa shape index (κ2) is 11.4. The van der Waals surface area contributed by atoms with Crippen LogP contribution in [-0.4, -0.2) is 58.3 Å². The van der Waals surface area contributed by atoms with E-state index in [1.165, 1.54) is 10.9 Å². The van der Waals surface area contributed by atoms with Crippen molar-refractivity contribution < 1.29 is 22.7 Å². The number of aliphatic imine (C=N–C) groups is 1. The number of hydrogen-bond donors (Lipinski definition) is 2. The molecule has 3 heterocycles. The number of carbonyl (C=O) groups is 1. The van der Waals surface area contributed by atoms with Crippen LogP contribution in [0.4, 0.5) is 19.0 Å². The molecule has 0 radical (unpaired) electrons. The molecule has 1 aliphatic heterocycles. The molecule has 0 unspecified atom stereocenters. The summed E-state index contributed by atoms with van der Waals surface area (Å²) >= 11 is 1.09. The van der Waals surface area contributed by atoms with Gasteiger partial charge in [0, 0.05) is 37.2 Å². The Balaban J connectivity index is 1.56. The Bertz CT molecular complexity index is 1300. The van der Waals surface area contributed by atoms with Gasteiger partial charge in [-0.3, -0.25) is 14.5 Å². The number of rotatable bonds is 10. The molecule has 9 nitrogen and oxygen atoms in total. The van der Waals surface area contributed by atoms with E-state index in [-0.39, 0.29) is 37.5 Å². The van der Waals surface area contributed by atoms with Gasteiger partial charge in [-0.1, -0.05) is 6.92 Å². The summed E-state index contributed by atoms with van der Waals surface area (Å²) in [5, 5.41) is 4.47. The van der Waals surface area contributed by atoms with E-state index in [4.69, 9.17) is 15.5 Å². The Kier molecular flexibility index (Phi) is 8.55. The zero-order valence-corrected chi connectivity index (χ0v) is 24.2. The summed E-state index contributed by atoms with van der Waals surface area (Å²) in [5.74, 6) is 1.08. The Morgan fingerprint density at radius 2 is 2.05 bits per heavy atom. The molecule has 2 aliphatic rings. The Labute approximate surface area is 236 Å². The van der Waals surface area contributed by atoms with Crippen molar-refractivity contribution in [3.8, 4) is 5.82 Å². The molecular formula is C27H36F3N7O2S. The smallest absolute Gasteiger partial charge is 0.396 e. The van der Waals surface area contributed by atoms with Crippen molar-refractivity contribution in [3.05, 3.63) is 46.8 Å². The number of nitrogens with one attached hydrogen (secondary N) is 1. The van der Waals surface area contributed by atoms with E-state index >= 15 is 0 Å². The number of amides is 1. The van der Waals surface area contributed by atoms with Crippen LogP contribution in [0.15, 0.2) is 40.5 Å². The van der Waals surface area contributed by atoms with Crippen molar-refractivity contribution >= 4 is 29.4 Å². The van der Waals surface area contributed by atoms with E-state index in [0.717, 1.165) is 24.9 Å². The predicted molar refractivity (Wildman–Crippen MR) is 150 cm³/mol. The second-order valence-electron chi connectivity index (χ2n) is 11.2. The summed E-state index contributed by atoms with van der Waals surface area (Å²) in [4.78, 5) is 25.1. The lowest BCUT2D eigenvalue weighted by Crippen LogP contribution is -2.40. The quantitative estimate of drug-likeness (QED) is 0.300. The summed E-state index contributed by atoms with van der Waals surface area (Å²) in [6, 6.07) is 5.08. The van der Waals surface area contributed by atoms with Crippen molar-refractivity contribution in [1.82, 2.24) is 19.5 Å². The first-order valence-electron chi connectivity index (χ1n) is 13.1. The van der Waals surface area contributed by atoms with Gasteiger partial charge in [0.2, 0.25) is 0 Å². The molecule has 13 heteroatoms. The third kappa shape index (κ3) is 6.30. The molecule has 0 bridgehead atoms. The van der Waals surface area contributed by atoms with Gasteiger partial charge < -0.3 is 15.4 Å². The number of nitrogens with two attached hydrogens (primary N) is 1. The van der Waals surface area contributed by atoms with Crippen LogP contribution in [0.5, 0.6) is 0 Å². The number of carbonyl (C=O) groups excluding carboxylic acids is 1. The lowest BCUT2D eigenvalue weighted by atomic mass is 9.97. The Hall–Kier alpha value is -3.06. The molecule has 4 rings (SSSR count). The number of aromatic nitrogens is 3. The zero-order valence-electron chi connectivity index (χ0n) is 23.4. The molecule has 2 fully saturated rings. The van der Waals surface area contributed by atoms with Gasteiger partial charge in [-0.15, -0.1) is 0 Å². The lowest BCUT2D eigenvalue weighted by Gasteiger charge is -2.34. The van der Waals surface area contributed by atoms with Crippen LogP contribution in [0, 0.1) is 11.3 Å². The van der Waals surface area contributed by atoms with Gasteiger partial charge in [-0.05, 0) is 76.1 Å². The van der Waals surface area contributed by atoms with Crippen molar-refractivity contribution in [2.45, 2.75) is 65.3 Å². The summed E-state index contributed by atoms with van der Waals surface area (Å²) in [5.41, 5.74) is 5.34. The number of anilines is 1. The highest BCUT2D eigenvalue weighted by atomic mass is 32.2. The highest BCUT2D eigenvalue weighted by Crippen LogP contribution is 2.57. The normalized spacial score (nSPS) is 20.6. The molecule has 1 saturated heterocycles. The van der Waals surface area contributed by atoms with Gasteiger partial charge in [-0.2, -0.15) is 18.3 Å². The second-order valence-corrected chi connectivity index (χ2v) is 12.0. The van der Waals surface area contributed by atoms with Gasteiger partial charge >= 0.3 is 6.18 Å². The van der Waals surface area contributed by atoms with Crippen molar-refractivity contribution in [1.29, 1.82) is 0 Å². The van der Waals surface area contributed by atoms with Gasteiger partial charge in [0.05, 0.1) is 34.8 Å². The van der Waals surface area contributed by atoms with Gasteiger partial charge in [0.15, 0.2) is 5.82 Å². The molecule has 0 aromatic carbocycles. The van der Waals surface area contributed by atoms with E-state index in [0.29, 0.717) is 39.4 Å². The summed E-state index contributed by atoms with van der Waals surface area (Å²) < 4.78 is 49.3. The van der Waals surface area contributed by atoms with E-state index in [1.807, 2.05) is 0 Å². The van der Waals surface area contributed by atoms with Crippen LogP contribution in [-0.2, 0) is 11.3 Å². The van der Waals surface area contributed by atoms with E-state index in [9.17, 15) is 18.0 Å². The van der Waals surface area contributed by atoms with Gasteiger partial charge in [0.1, 0.15) is 5.82 Å². The van der Waals surface area contributed by atoms with Crippen LogP contribution < -0.4 is 15.4 Å². The minimum Gasteiger partial charge on any atom is -0.404 e. The molecule has 40 heavy (non-hydrogen) atoms. The molecule has 2 aromatic heterocycles. The molecule has 1 amide bonds. The highest BCUT2D eigenvalue weighted by molar-refractivity contribution is 8.02. The standard InChI is InChI=1S/C27H36F3N7O2S/c1-17-12-25(3,4)36(14-17)23-20(24(38)35-40-21(13-31)18(2)32-5)6-7-22(33-23)37-11-8-19(34-37)15-39-16-26(9-10-26)27(28,29)30/h6-8,11,13,17H,9-10,12,14-16,31H2,1-5H3,(H,35,38)/t17-/m0/s1. The predicted octanol–water partition coefficient (Wildman–Crippen LogP) is 5.02. The van der Waals surface area contributed by atoms with Crippen molar-refractivity contribution in [3.63, 3.8) is 0 Å². The third-order valence-electron chi connectivity index (χ3n) is 7.49. The summed E-state index contributed by atoms with van der Waals surface area (Å²) in [6.07, 6.45) is -0.0595. The number of halogens is 3. The topological polar surface area (TPSA) is 111 Å². The van der Waals surface area contributed by atoms with Crippen molar-refractivity contribution in [2.75, 3.05) is 25.1 Å². The fourth-order valence-electron chi connectivity index (χ4n) is 4.98. The highest BCUT2D eigenvalue weighted by Gasteiger charge is 2.63. The number of hydrogen-bond acceptors (Lipinski definition) is 8. The van der Waals surface area contributed by atoms with Gasteiger partial charge in [-0.25, -0.2) is 9.67 Å². The van der Waals surface area contributed by atoms with Crippen LogP contribution >= 0.6 is 11.9 Å². The number of alkyl halides is 3. The minimum atomic E-state index is -4.26. The van der Waals surface area contributed by atoms with E-state index in [2.05, 4.69) is 40.5 Å². The SMILES string of the molecule is CN=C(C)C(=CN)SNC(=O)c1ccc(-n2ccc(COCC3(C(F)(F)F)CC3)n2)nc1N1C[C@@H](C)CC1(C)C. The Morgan fingerprint density at radius 3 is 2.62 bits per heavy atom. The molecule has 2 aromatic rings. The fourth-order valence-corrected chi connectivity index (χ4v) is 5.60. The number of ether oxygens (including phenoxy) is 1. The fraction of sp³-hybridized carbons (Fsp3) is 0.556. The third-order valence-corrected chi connectivity index (χ3v) is 8.43. The van der Waals surface area contributed by atoms with E-state index in [1.54, 1.807) is 38.4 Å². The first kappa shape index (κ1) is 29.9. The summed E-state index contributed by atoms with van der Waals surface area (Å²) in [7, 11) is 1.65. The van der Waals surface area contributed by atoms with Gasteiger partial charge in [0.25, 0.3) is 5.91 Å². The van der Waals surface area contributed by atoms with Crippen molar-refractivity contribution in [2.24, 2.45) is 22.1 Å².